The zero-order valence-electron chi connectivity index (χ0n) is 24.9. The van der Waals surface area contributed by atoms with Crippen molar-refractivity contribution in [3.8, 4) is 11.5 Å². The van der Waals surface area contributed by atoms with Crippen molar-refractivity contribution in [3.63, 3.8) is 0 Å². The average Bonchev–Trinajstić information content (AvgIpc) is 3.71. The fraction of sp³-hybridized carbons (Fsp3) is 0.394. The van der Waals surface area contributed by atoms with E-state index >= 15 is 4.39 Å². The van der Waals surface area contributed by atoms with Crippen molar-refractivity contribution in [3.05, 3.63) is 82.1 Å². The lowest BCUT2D eigenvalue weighted by molar-refractivity contribution is -0.0705. The molecule has 4 aliphatic rings. The van der Waals surface area contributed by atoms with Gasteiger partial charge in [-0.25, -0.2) is 18.6 Å². The average molecular weight is 653 g/mol. The number of hydrogen-bond donors (Lipinski definition) is 1. The predicted molar refractivity (Wildman–Crippen MR) is 164 cm³/mol. The summed E-state index contributed by atoms with van der Waals surface area (Å²) in [6.45, 7) is 5.47. The number of ether oxygens (including phenoxy) is 4. The van der Waals surface area contributed by atoms with Gasteiger partial charge in [0.1, 0.15) is 17.2 Å². The largest absolute Gasteiger partial charge is 0.478 e. The number of carbonyl (C=O) groups is 1. The summed E-state index contributed by atoms with van der Waals surface area (Å²) in [6.07, 6.45) is 0.829. The molecule has 1 N–H and O–H groups in total. The van der Waals surface area contributed by atoms with Gasteiger partial charge < -0.3 is 33.5 Å². The first-order valence-electron chi connectivity index (χ1n) is 15.3. The topological polar surface area (TPSA) is 98.5 Å². The summed E-state index contributed by atoms with van der Waals surface area (Å²) in [5.41, 5.74) is 1.54. The van der Waals surface area contributed by atoms with Crippen LogP contribution in [0.15, 0.2) is 48.5 Å². The second-order valence-electron chi connectivity index (χ2n) is 12.3. The van der Waals surface area contributed by atoms with Crippen LogP contribution in [0.5, 0.6) is 11.5 Å². The molecule has 0 spiro atoms. The number of hydrogen-bond acceptors (Lipinski definition) is 8. The van der Waals surface area contributed by atoms with Gasteiger partial charge in [0, 0.05) is 31.6 Å². The first-order valence-corrected chi connectivity index (χ1v) is 15.6. The quantitative estimate of drug-likeness (QED) is 0.289. The molecule has 3 fully saturated rings. The van der Waals surface area contributed by atoms with Crippen LogP contribution in [0.25, 0.3) is 11.0 Å². The van der Waals surface area contributed by atoms with Crippen molar-refractivity contribution in [1.82, 2.24) is 14.5 Å². The molecule has 0 unspecified atom stereocenters. The van der Waals surface area contributed by atoms with E-state index in [1.54, 1.807) is 19.1 Å². The maximum atomic E-state index is 15.1. The number of halogens is 3. The Morgan fingerprint density at radius 1 is 1.09 bits per heavy atom. The van der Waals surface area contributed by atoms with E-state index in [2.05, 4.69) is 14.8 Å². The van der Waals surface area contributed by atoms with Gasteiger partial charge in [0.15, 0.2) is 17.3 Å². The number of carboxylic acid groups (broad SMARTS) is 1. The fourth-order valence-electron chi connectivity index (χ4n) is 7.04. The van der Waals surface area contributed by atoms with Crippen LogP contribution in [0.3, 0.4) is 0 Å². The molecule has 10 nitrogen and oxygen atoms in total. The molecule has 4 aliphatic heterocycles. The second-order valence-corrected chi connectivity index (χ2v) is 12.7. The number of para-hydroxylation sites is 1. The summed E-state index contributed by atoms with van der Waals surface area (Å²) >= 11 is 5.99. The lowest BCUT2D eigenvalue weighted by Crippen LogP contribution is -2.59. The number of piperazine rings is 1. The standard InChI is InChI=1S/C33H31ClF2N4O6/c1-33(21-6-5-19(34)13-22(21)35)45-28-4-2-3-24(31(28)46-33)39-9-8-38(26-16-43-17-27(26)39)15-29-37-30-23(36)11-18(32(41)42)12-25(30)40(29)14-20-7-10-44-20/h2-6,11-13,20,26-27H,7-10,14-17H2,1H3,(H,41,42)/t20-,26+,27-,33-/m0/s1. The number of aromatic nitrogens is 2. The van der Waals surface area contributed by atoms with E-state index in [9.17, 15) is 14.3 Å². The fourth-order valence-corrected chi connectivity index (χ4v) is 7.20. The van der Waals surface area contributed by atoms with E-state index in [1.807, 2.05) is 22.8 Å². The van der Waals surface area contributed by atoms with Crippen molar-refractivity contribution in [2.24, 2.45) is 0 Å². The predicted octanol–water partition coefficient (Wildman–Crippen LogP) is 5.19. The Bertz CT molecular complexity index is 1870. The Labute approximate surface area is 268 Å². The van der Waals surface area contributed by atoms with Crippen molar-refractivity contribution < 1.29 is 37.6 Å². The summed E-state index contributed by atoms with van der Waals surface area (Å²) < 4.78 is 56.3. The minimum absolute atomic E-state index is 0.0142. The molecule has 3 aromatic carbocycles. The number of anilines is 1. The van der Waals surface area contributed by atoms with Crippen molar-refractivity contribution in [2.75, 3.05) is 37.8 Å². The van der Waals surface area contributed by atoms with Gasteiger partial charge in [-0.15, -0.1) is 0 Å². The molecule has 0 radical (unpaired) electrons. The molecule has 13 heteroatoms. The maximum absolute atomic E-state index is 15.1. The summed E-state index contributed by atoms with van der Waals surface area (Å²) in [5.74, 6) is -2.06. The number of rotatable bonds is 7. The number of fused-ring (bicyclic) bond motifs is 3. The monoisotopic (exact) mass is 652 g/mol. The van der Waals surface area contributed by atoms with Gasteiger partial charge in [-0.2, -0.15) is 0 Å². The van der Waals surface area contributed by atoms with Gasteiger partial charge in [0.05, 0.1) is 66.8 Å². The third kappa shape index (κ3) is 4.86. The number of imidazole rings is 1. The van der Waals surface area contributed by atoms with Gasteiger partial charge in [0.25, 0.3) is 5.79 Å². The van der Waals surface area contributed by atoms with Crippen LogP contribution >= 0.6 is 11.6 Å². The van der Waals surface area contributed by atoms with E-state index in [-0.39, 0.29) is 39.9 Å². The smallest absolute Gasteiger partial charge is 0.335 e. The number of carboxylic acids is 1. The van der Waals surface area contributed by atoms with Crippen LogP contribution in [-0.2, 0) is 28.4 Å². The maximum Gasteiger partial charge on any atom is 0.335 e. The number of nitrogens with zero attached hydrogens (tertiary/aromatic N) is 4. The Balaban J connectivity index is 1.08. The highest BCUT2D eigenvalue weighted by atomic mass is 35.5. The molecule has 3 saturated heterocycles. The highest BCUT2D eigenvalue weighted by Crippen LogP contribution is 2.51. The molecule has 0 aliphatic carbocycles. The zero-order valence-corrected chi connectivity index (χ0v) is 25.7. The Kier molecular flexibility index (Phi) is 7.09. The molecule has 4 aromatic rings. The molecule has 1 aromatic heterocycles. The van der Waals surface area contributed by atoms with Crippen LogP contribution in [-0.4, -0.2) is 76.6 Å². The Morgan fingerprint density at radius 3 is 2.67 bits per heavy atom. The van der Waals surface area contributed by atoms with Crippen molar-refractivity contribution >= 4 is 34.3 Å². The van der Waals surface area contributed by atoms with Crippen LogP contribution in [0.4, 0.5) is 14.5 Å². The van der Waals surface area contributed by atoms with Crippen molar-refractivity contribution in [2.45, 2.75) is 50.4 Å². The van der Waals surface area contributed by atoms with Crippen molar-refractivity contribution in [1.29, 1.82) is 0 Å². The van der Waals surface area contributed by atoms with E-state index in [1.165, 1.54) is 12.1 Å². The van der Waals surface area contributed by atoms with Gasteiger partial charge in [-0.3, -0.25) is 4.90 Å². The molecule has 4 atom stereocenters. The molecule has 5 heterocycles. The van der Waals surface area contributed by atoms with Gasteiger partial charge in [-0.1, -0.05) is 17.7 Å². The molecule has 0 saturated carbocycles. The van der Waals surface area contributed by atoms with E-state index in [0.717, 1.165) is 18.2 Å². The summed E-state index contributed by atoms with van der Waals surface area (Å²) in [7, 11) is 0. The van der Waals surface area contributed by atoms with Crippen LogP contribution in [0.1, 0.15) is 35.1 Å². The molecule has 46 heavy (non-hydrogen) atoms. The summed E-state index contributed by atoms with van der Waals surface area (Å²) in [5, 5.41) is 9.85. The second kappa shape index (κ2) is 11.1. The number of aromatic carboxylic acids is 1. The molecular weight excluding hydrogens is 622 g/mol. The van der Waals surface area contributed by atoms with Gasteiger partial charge >= 0.3 is 5.97 Å². The summed E-state index contributed by atoms with van der Waals surface area (Å²) in [6, 6.07) is 12.5. The van der Waals surface area contributed by atoms with Crippen LogP contribution < -0.4 is 14.4 Å². The Hall–Kier alpha value is -3.97. The van der Waals surface area contributed by atoms with Gasteiger partial charge in [-0.05, 0) is 48.9 Å². The molecule has 0 amide bonds. The summed E-state index contributed by atoms with van der Waals surface area (Å²) in [4.78, 5) is 20.9. The highest BCUT2D eigenvalue weighted by molar-refractivity contribution is 6.30. The molecular formula is C33H31ClF2N4O6. The molecule has 0 bridgehead atoms. The third-order valence-corrected chi connectivity index (χ3v) is 9.70. The minimum Gasteiger partial charge on any atom is -0.478 e. The number of benzene rings is 3. The van der Waals surface area contributed by atoms with E-state index in [4.69, 9.17) is 30.5 Å². The first-order chi connectivity index (χ1) is 22.2. The Morgan fingerprint density at radius 2 is 1.91 bits per heavy atom. The lowest BCUT2D eigenvalue weighted by atomic mass is 10.0. The SMILES string of the molecule is C[C@]1(c2ccc(Cl)cc2F)Oc2cccc(N3CCN(Cc4nc5c(F)cc(C(=O)O)cc5n4C[C@@H]4CCO4)[C@@H]4COC[C@@H]43)c2O1. The van der Waals surface area contributed by atoms with E-state index < -0.39 is 23.4 Å². The van der Waals surface area contributed by atoms with E-state index in [0.29, 0.717) is 68.8 Å². The van der Waals surface area contributed by atoms with Crippen LogP contribution in [0, 0.1) is 11.6 Å². The molecule has 8 rings (SSSR count). The third-order valence-electron chi connectivity index (χ3n) is 9.47. The normalized spacial score (nSPS) is 25.6. The zero-order chi connectivity index (χ0) is 31.7. The van der Waals surface area contributed by atoms with Crippen LogP contribution in [0.2, 0.25) is 5.02 Å². The lowest BCUT2D eigenvalue weighted by Gasteiger charge is -2.44. The first kappa shape index (κ1) is 29.4. The molecule has 240 valence electrons. The minimum atomic E-state index is -1.38. The van der Waals surface area contributed by atoms with Gasteiger partial charge in [0.2, 0.25) is 0 Å². The highest BCUT2D eigenvalue weighted by Gasteiger charge is 2.46.